The van der Waals surface area contributed by atoms with E-state index >= 15 is 0 Å². The predicted molar refractivity (Wildman–Crippen MR) is 96.2 cm³/mol. The highest BCUT2D eigenvalue weighted by molar-refractivity contribution is 5.94. The number of methoxy groups -OCH3 is 2. The zero-order valence-electron chi connectivity index (χ0n) is 15.2. The van der Waals surface area contributed by atoms with Crippen LogP contribution in [-0.2, 0) is 9.53 Å². The molecule has 1 atom stereocenters. The number of esters is 1. The molecule has 0 amide bonds. The molecule has 8 nitrogen and oxygen atoms in total. The number of fused-ring (bicyclic) bond motifs is 1. The number of hydrogen-bond acceptors (Lipinski definition) is 8. The van der Waals surface area contributed by atoms with Crippen LogP contribution < -0.4 is 18.9 Å². The highest BCUT2D eigenvalue weighted by Crippen LogP contribution is 2.48. The molecule has 2 N–H and O–H groups in total. The minimum absolute atomic E-state index is 0.0256. The molecular formula is C20H18O8. The fraction of sp³-hybridized carbons (Fsp3) is 0.250. The molecule has 146 valence electrons. The Bertz CT molecular complexity index is 978. The molecule has 0 aliphatic carbocycles. The van der Waals surface area contributed by atoms with E-state index in [-0.39, 0.29) is 30.5 Å². The first-order chi connectivity index (χ1) is 13.5. The van der Waals surface area contributed by atoms with Crippen LogP contribution in [0.15, 0.2) is 41.7 Å². The van der Waals surface area contributed by atoms with E-state index in [1.54, 1.807) is 24.3 Å². The van der Waals surface area contributed by atoms with Crippen molar-refractivity contribution in [1.82, 2.24) is 0 Å². The monoisotopic (exact) mass is 386 g/mol. The van der Waals surface area contributed by atoms with Crippen LogP contribution >= 0.6 is 0 Å². The number of phenols is 1. The summed E-state index contributed by atoms with van der Waals surface area (Å²) in [7, 11) is 3.01. The first-order valence-corrected chi connectivity index (χ1v) is 8.47. The quantitative estimate of drug-likeness (QED) is 0.756. The Balaban J connectivity index is 1.95. The van der Waals surface area contributed by atoms with Gasteiger partial charge < -0.3 is 33.9 Å². The van der Waals surface area contributed by atoms with Gasteiger partial charge in [0.1, 0.15) is 29.6 Å². The zero-order chi connectivity index (χ0) is 19.8. The molecular weight excluding hydrogens is 368 g/mol. The Hall–Kier alpha value is -3.55. The molecule has 4 rings (SSSR count). The van der Waals surface area contributed by atoms with Crippen LogP contribution in [0.1, 0.15) is 17.0 Å². The van der Waals surface area contributed by atoms with Gasteiger partial charge >= 0.3 is 5.97 Å². The van der Waals surface area contributed by atoms with E-state index in [4.69, 9.17) is 23.7 Å². The van der Waals surface area contributed by atoms with Crippen molar-refractivity contribution in [3.8, 4) is 28.7 Å². The second-order valence-electron chi connectivity index (χ2n) is 6.24. The van der Waals surface area contributed by atoms with Gasteiger partial charge in [-0.05, 0) is 12.1 Å². The summed E-state index contributed by atoms with van der Waals surface area (Å²) in [6.45, 7) is -0.195. The molecule has 8 heteroatoms. The van der Waals surface area contributed by atoms with E-state index in [0.29, 0.717) is 34.1 Å². The molecule has 0 spiro atoms. The molecule has 0 radical (unpaired) electrons. The molecule has 2 aromatic rings. The van der Waals surface area contributed by atoms with Crippen molar-refractivity contribution in [2.24, 2.45) is 0 Å². The van der Waals surface area contributed by atoms with Crippen molar-refractivity contribution < 1.29 is 38.7 Å². The third-order valence-corrected chi connectivity index (χ3v) is 4.74. The van der Waals surface area contributed by atoms with Crippen LogP contribution in [0, 0.1) is 0 Å². The largest absolute Gasteiger partial charge is 0.508 e. The fourth-order valence-corrected chi connectivity index (χ4v) is 3.41. The number of carbonyl (C=O) groups excluding carboxylic acids is 1. The van der Waals surface area contributed by atoms with Crippen LogP contribution in [0.2, 0.25) is 0 Å². The third kappa shape index (κ3) is 2.83. The summed E-state index contributed by atoms with van der Waals surface area (Å²) < 4.78 is 26.4. The Morgan fingerprint density at radius 2 is 1.71 bits per heavy atom. The summed E-state index contributed by atoms with van der Waals surface area (Å²) in [4.78, 5) is 12.4. The van der Waals surface area contributed by atoms with E-state index < -0.39 is 11.9 Å². The highest BCUT2D eigenvalue weighted by Gasteiger charge is 2.37. The van der Waals surface area contributed by atoms with Gasteiger partial charge in [0.25, 0.3) is 0 Å². The van der Waals surface area contributed by atoms with Crippen LogP contribution in [0.3, 0.4) is 0 Å². The number of phenolic OH excluding ortho intramolecular Hbond substituents is 1. The highest BCUT2D eigenvalue weighted by atomic mass is 16.7. The van der Waals surface area contributed by atoms with Gasteiger partial charge in [0.2, 0.25) is 6.79 Å². The summed E-state index contributed by atoms with van der Waals surface area (Å²) in [6, 6.07) is 8.06. The van der Waals surface area contributed by atoms with Crippen LogP contribution in [0.4, 0.5) is 0 Å². The summed E-state index contributed by atoms with van der Waals surface area (Å²) >= 11 is 0. The molecule has 2 aliphatic heterocycles. The van der Waals surface area contributed by atoms with Gasteiger partial charge in [0.05, 0.1) is 25.7 Å². The van der Waals surface area contributed by atoms with Gasteiger partial charge in [-0.15, -0.1) is 0 Å². The molecule has 0 bridgehead atoms. The Labute approximate surface area is 160 Å². The minimum Gasteiger partial charge on any atom is -0.508 e. The minimum atomic E-state index is -0.856. The summed E-state index contributed by atoms with van der Waals surface area (Å²) in [5.41, 5.74) is 0.906. The SMILES string of the molecule is COc1ccc([C@H](C2=C(O)COC2=O)c2cc3c(cc2O)OCO3)c(OC)c1. The predicted octanol–water partition coefficient (Wildman–Crippen LogP) is 2.64. The van der Waals surface area contributed by atoms with E-state index in [1.807, 2.05) is 0 Å². The summed E-state index contributed by atoms with van der Waals surface area (Å²) in [5, 5.41) is 21.0. The van der Waals surface area contributed by atoms with Crippen molar-refractivity contribution in [3.63, 3.8) is 0 Å². The lowest BCUT2D eigenvalue weighted by Gasteiger charge is -2.22. The van der Waals surface area contributed by atoms with Gasteiger partial charge in [-0.1, -0.05) is 6.07 Å². The van der Waals surface area contributed by atoms with Crippen molar-refractivity contribution >= 4 is 5.97 Å². The molecule has 0 saturated heterocycles. The van der Waals surface area contributed by atoms with Crippen molar-refractivity contribution in [3.05, 3.63) is 52.8 Å². The second-order valence-corrected chi connectivity index (χ2v) is 6.24. The number of aliphatic hydroxyl groups excluding tert-OH is 1. The number of ether oxygens (including phenoxy) is 5. The summed E-state index contributed by atoms with van der Waals surface area (Å²) in [6.07, 6.45) is 0. The van der Waals surface area contributed by atoms with Gasteiger partial charge in [-0.3, -0.25) is 0 Å². The first kappa shape index (κ1) is 17.8. The van der Waals surface area contributed by atoms with Gasteiger partial charge in [-0.25, -0.2) is 4.79 Å². The lowest BCUT2D eigenvalue weighted by molar-refractivity contribution is -0.136. The number of aliphatic hydroxyl groups is 1. The standard InChI is InChI=1S/C20H18O8/c1-24-10-3-4-11(15(5-10)25-2)18(19-14(22)8-26-20(19)23)12-6-16-17(7-13(12)21)28-9-27-16/h3-7,18,21-22H,8-9H2,1-2H3/t18-/m0/s1. The maximum absolute atomic E-state index is 12.4. The van der Waals surface area contributed by atoms with Gasteiger partial charge in [0, 0.05) is 23.3 Å². The van der Waals surface area contributed by atoms with Crippen LogP contribution in [-0.4, -0.2) is 43.8 Å². The van der Waals surface area contributed by atoms with E-state index in [1.165, 1.54) is 20.3 Å². The Morgan fingerprint density at radius 1 is 0.964 bits per heavy atom. The van der Waals surface area contributed by atoms with Crippen molar-refractivity contribution in [2.45, 2.75) is 5.92 Å². The van der Waals surface area contributed by atoms with Crippen LogP contribution in [0.5, 0.6) is 28.7 Å². The number of benzene rings is 2. The summed E-state index contributed by atoms with van der Waals surface area (Å²) in [5.74, 6) is -0.0478. The molecule has 0 saturated carbocycles. The molecule has 2 heterocycles. The molecule has 0 aromatic heterocycles. The maximum Gasteiger partial charge on any atom is 0.338 e. The van der Waals surface area contributed by atoms with E-state index in [9.17, 15) is 15.0 Å². The van der Waals surface area contributed by atoms with Crippen LogP contribution in [0.25, 0.3) is 0 Å². The molecule has 2 aliphatic rings. The number of rotatable bonds is 5. The van der Waals surface area contributed by atoms with Crippen molar-refractivity contribution in [1.29, 1.82) is 0 Å². The lowest BCUT2D eigenvalue weighted by Crippen LogP contribution is -2.13. The normalized spacial score (nSPS) is 16.1. The third-order valence-electron chi connectivity index (χ3n) is 4.74. The first-order valence-electron chi connectivity index (χ1n) is 8.47. The molecule has 2 aromatic carbocycles. The van der Waals surface area contributed by atoms with Crippen molar-refractivity contribution in [2.75, 3.05) is 27.6 Å². The van der Waals surface area contributed by atoms with E-state index in [0.717, 1.165) is 0 Å². The Morgan fingerprint density at radius 3 is 2.36 bits per heavy atom. The Kier molecular flexibility index (Phi) is 4.38. The molecule has 0 fully saturated rings. The molecule has 0 unspecified atom stereocenters. The topological polar surface area (TPSA) is 104 Å². The van der Waals surface area contributed by atoms with Gasteiger partial charge in [-0.2, -0.15) is 0 Å². The number of aromatic hydroxyl groups is 1. The average molecular weight is 386 g/mol. The van der Waals surface area contributed by atoms with Gasteiger partial charge in [0.15, 0.2) is 11.5 Å². The number of cyclic esters (lactones) is 1. The van der Waals surface area contributed by atoms with E-state index in [2.05, 4.69) is 0 Å². The zero-order valence-corrected chi connectivity index (χ0v) is 15.2. The second kappa shape index (κ2) is 6.88. The fourth-order valence-electron chi connectivity index (χ4n) is 3.41. The average Bonchev–Trinajstić information content (AvgIpc) is 3.29. The number of carbonyl (C=O) groups is 1. The lowest BCUT2D eigenvalue weighted by atomic mass is 9.83. The number of hydrogen-bond donors (Lipinski definition) is 2. The molecule has 28 heavy (non-hydrogen) atoms. The maximum atomic E-state index is 12.4. The smallest absolute Gasteiger partial charge is 0.338 e.